The van der Waals surface area contributed by atoms with Gasteiger partial charge < -0.3 is 11.3 Å². The minimum absolute atomic E-state index is 0. The first-order valence-corrected chi connectivity index (χ1v) is 11.1. The minimum atomic E-state index is -0.360. The van der Waals surface area contributed by atoms with Crippen LogP contribution in [0.4, 0.5) is 0 Å². The molecule has 0 bridgehead atoms. The number of alkyl halides is 2. The standard InChI is InChI=1S/C21H42Cl2O.H3N/c1-5-6-7-8-9-10-11-12-13-14-15-16-20(22)19(17-18(2)24)21(3,4)23;/h18-20,24H,5-17H2,1-4H3;1H3. The third-order valence-corrected chi connectivity index (χ3v) is 5.80. The summed E-state index contributed by atoms with van der Waals surface area (Å²) in [5, 5.41) is 9.74. The van der Waals surface area contributed by atoms with Gasteiger partial charge in [0.05, 0.1) is 6.10 Å². The Morgan fingerprint density at radius 2 is 1.24 bits per heavy atom. The molecule has 0 saturated carbocycles. The zero-order chi connectivity index (χ0) is 18.4. The van der Waals surface area contributed by atoms with Gasteiger partial charge in [-0.1, -0.05) is 77.6 Å². The van der Waals surface area contributed by atoms with Gasteiger partial charge in [-0.15, -0.1) is 23.2 Å². The minimum Gasteiger partial charge on any atom is -0.393 e. The Morgan fingerprint density at radius 3 is 1.60 bits per heavy atom. The van der Waals surface area contributed by atoms with Crippen LogP contribution in [0.15, 0.2) is 0 Å². The number of hydrogen-bond acceptors (Lipinski definition) is 2. The summed E-state index contributed by atoms with van der Waals surface area (Å²) in [5.41, 5.74) is 0. The van der Waals surface area contributed by atoms with Crippen molar-refractivity contribution in [2.75, 3.05) is 0 Å². The fourth-order valence-electron chi connectivity index (χ4n) is 3.43. The van der Waals surface area contributed by atoms with E-state index >= 15 is 0 Å². The molecular weight excluding hydrogens is 353 g/mol. The highest BCUT2D eigenvalue weighted by Gasteiger charge is 2.33. The average molecular weight is 399 g/mol. The smallest absolute Gasteiger partial charge is 0.0515 e. The molecule has 0 aliphatic heterocycles. The Morgan fingerprint density at radius 1 is 0.840 bits per heavy atom. The lowest BCUT2D eigenvalue weighted by molar-refractivity contribution is 0.146. The lowest BCUT2D eigenvalue weighted by Crippen LogP contribution is -2.34. The molecule has 4 heteroatoms. The molecule has 154 valence electrons. The van der Waals surface area contributed by atoms with Crippen LogP contribution in [-0.4, -0.2) is 21.5 Å². The molecule has 0 aromatic heterocycles. The Labute approximate surface area is 168 Å². The molecular formula is C21H45Cl2NO. The summed E-state index contributed by atoms with van der Waals surface area (Å²) in [6.07, 6.45) is 16.2. The summed E-state index contributed by atoms with van der Waals surface area (Å²) in [6.45, 7) is 8.11. The predicted octanol–water partition coefficient (Wildman–Crippen LogP) is 7.86. The first kappa shape index (κ1) is 27.7. The maximum absolute atomic E-state index is 9.68. The van der Waals surface area contributed by atoms with Crippen LogP contribution in [0, 0.1) is 5.92 Å². The van der Waals surface area contributed by atoms with E-state index in [1.54, 1.807) is 0 Å². The van der Waals surface area contributed by atoms with Crippen LogP contribution in [0.5, 0.6) is 0 Å². The highest BCUT2D eigenvalue weighted by atomic mass is 35.5. The summed E-state index contributed by atoms with van der Waals surface area (Å²) >= 11 is 13.1. The Kier molecular flexibility index (Phi) is 18.5. The van der Waals surface area contributed by atoms with Crippen LogP contribution < -0.4 is 6.15 Å². The van der Waals surface area contributed by atoms with Crippen molar-refractivity contribution in [1.29, 1.82) is 0 Å². The maximum Gasteiger partial charge on any atom is 0.0515 e. The van der Waals surface area contributed by atoms with Crippen LogP contribution in [0.2, 0.25) is 0 Å². The molecule has 0 spiro atoms. The van der Waals surface area contributed by atoms with Crippen LogP contribution in [0.25, 0.3) is 0 Å². The van der Waals surface area contributed by atoms with Crippen molar-refractivity contribution in [1.82, 2.24) is 6.15 Å². The summed E-state index contributed by atoms with van der Waals surface area (Å²) in [5.74, 6) is 0.156. The average Bonchev–Trinajstić information content (AvgIpc) is 2.48. The molecule has 0 aliphatic carbocycles. The SMILES string of the molecule is CCCCCCCCCCCCCC(Cl)C(CC(C)O)C(C)(C)Cl.N. The van der Waals surface area contributed by atoms with Gasteiger partial charge in [-0.25, -0.2) is 0 Å². The number of aliphatic hydroxyl groups is 1. The predicted molar refractivity (Wildman–Crippen MR) is 115 cm³/mol. The Hall–Kier alpha value is 0.500. The molecule has 0 saturated heterocycles. The molecule has 25 heavy (non-hydrogen) atoms. The molecule has 3 atom stereocenters. The van der Waals surface area contributed by atoms with E-state index in [9.17, 15) is 5.11 Å². The Bertz CT molecular complexity index is 280. The van der Waals surface area contributed by atoms with E-state index in [-0.39, 0.29) is 28.4 Å². The van der Waals surface area contributed by atoms with E-state index in [4.69, 9.17) is 23.2 Å². The molecule has 0 amide bonds. The summed E-state index contributed by atoms with van der Waals surface area (Å²) in [6, 6.07) is 0. The second kappa shape index (κ2) is 16.7. The highest BCUT2D eigenvalue weighted by molar-refractivity contribution is 6.25. The van der Waals surface area contributed by atoms with E-state index in [0.717, 1.165) is 6.42 Å². The number of hydrogen-bond donors (Lipinski definition) is 2. The molecule has 4 N–H and O–H groups in total. The van der Waals surface area contributed by atoms with Gasteiger partial charge in [0, 0.05) is 10.3 Å². The summed E-state index contributed by atoms with van der Waals surface area (Å²) in [7, 11) is 0. The van der Waals surface area contributed by atoms with Crippen molar-refractivity contribution < 1.29 is 5.11 Å². The van der Waals surface area contributed by atoms with Crippen LogP contribution >= 0.6 is 23.2 Å². The normalized spacial score (nSPS) is 15.5. The number of rotatable bonds is 16. The molecule has 2 nitrogen and oxygen atoms in total. The van der Waals surface area contributed by atoms with Crippen LogP contribution in [-0.2, 0) is 0 Å². The molecule has 0 rings (SSSR count). The highest BCUT2D eigenvalue weighted by Crippen LogP contribution is 2.35. The molecule has 0 fully saturated rings. The van der Waals surface area contributed by atoms with E-state index < -0.39 is 0 Å². The van der Waals surface area contributed by atoms with Gasteiger partial charge >= 0.3 is 0 Å². The first-order chi connectivity index (χ1) is 11.3. The molecule has 0 aromatic rings. The third-order valence-electron chi connectivity index (χ3n) is 5.00. The lowest BCUT2D eigenvalue weighted by Gasteiger charge is -2.33. The van der Waals surface area contributed by atoms with E-state index in [1.807, 2.05) is 20.8 Å². The molecule has 0 heterocycles. The largest absolute Gasteiger partial charge is 0.393 e. The van der Waals surface area contributed by atoms with Crippen molar-refractivity contribution in [2.24, 2.45) is 5.92 Å². The molecule has 3 unspecified atom stereocenters. The van der Waals surface area contributed by atoms with Gasteiger partial charge in [0.25, 0.3) is 0 Å². The van der Waals surface area contributed by atoms with Crippen molar-refractivity contribution in [2.45, 2.75) is 128 Å². The monoisotopic (exact) mass is 397 g/mol. The van der Waals surface area contributed by atoms with Crippen molar-refractivity contribution in [3.63, 3.8) is 0 Å². The zero-order valence-corrected chi connectivity index (χ0v) is 18.8. The third kappa shape index (κ3) is 16.4. The second-order valence-corrected chi connectivity index (χ2v) is 9.63. The van der Waals surface area contributed by atoms with Gasteiger partial charge in [-0.2, -0.15) is 0 Å². The number of halogens is 2. The fraction of sp³-hybridized carbons (Fsp3) is 1.00. The molecule has 0 radical (unpaired) electrons. The second-order valence-electron chi connectivity index (χ2n) is 8.10. The van der Waals surface area contributed by atoms with Crippen LogP contribution in [0.1, 0.15) is 111 Å². The molecule has 0 aromatic carbocycles. The quantitative estimate of drug-likeness (QED) is 0.205. The fourth-order valence-corrected chi connectivity index (χ4v) is 4.31. The van der Waals surface area contributed by atoms with E-state index in [2.05, 4.69) is 6.92 Å². The van der Waals surface area contributed by atoms with Crippen molar-refractivity contribution >= 4 is 23.2 Å². The van der Waals surface area contributed by atoms with Gasteiger partial charge in [-0.05, 0) is 39.5 Å². The van der Waals surface area contributed by atoms with Crippen LogP contribution in [0.3, 0.4) is 0 Å². The lowest BCUT2D eigenvalue weighted by atomic mass is 9.84. The van der Waals surface area contributed by atoms with E-state index in [1.165, 1.54) is 70.6 Å². The van der Waals surface area contributed by atoms with Gasteiger partial charge in [0.15, 0.2) is 0 Å². The van der Waals surface area contributed by atoms with Gasteiger partial charge in [0.2, 0.25) is 0 Å². The Balaban J connectivity index is 0. The summed E-state index contributed by atoms with van der Waals surface area (Å²) in [4.78, 5) is -0.360. The van der Waals surface area contributed by atoms with Gasteiger partial charge in [-0.3, -0.25) is 0 Å². The van der Waals surface area contributed by atoms with Crippen molar-refractivity contribution in [3.05, 3.63) is 0 Å². The van der Waals surface area contributed by atoms with Gasteiger partial charge in [0.1, 0.15) is 0 Å². The summed E-state index contributed by atoms with van der Waals surface area (Å²) < 4.78 is 0. The first-order valence-electron chi connectivity index (χ1n) is 10.3. The zero-order valence-electron chi connectivity index (χ0n) is 17.3. The molecule has 0 aliphatic rings. The van der Waals surface area contributed by atoms with E-state index in [0.29, 0.717) is 6.42 Å². The number of aliphatic hydroxyl groups excluding tert-OH is 1. The topological polar surface area (TPSA) is 55.2 Å². The van der Waals surface area contributed by atoms with Crippen molar-refractivity contribution in [3.8, 4) is 0 Å². The number of unbranched alkanes of at least 4 members (excludes halogenated alkanes) is 10. The maximum atomic E-state index is 9.68.